The van der Waals surface area contributed by atoms with Gasteiger partial charge in [-0.25, -0.2) is 9.18 Å². The maximum Gasteiger partial charge on any atom is 0.405 e. The Labute approximate surface area is 201 Å². The summed E-state index contributed by atoms with van der Waals surface area (Å²) in [5, 5.41) is 23.5. The predicted molar refractivity (Wildman–Crippen MR) is 132 cm³/mol. The summed E-state index contributed by atoms with van der Waals surface area (Å²) in [5.74, 6) is 0.172. The van der Waals surface area contributed by atoms with E-state index in [-0.39, 0.29) is 12.3 Å². The van der Waals surface area contributed by atoms with E-state index in [4.69, 9.17) is 15.7 Å². The minimum Gasteiger partial charge on any atom is -0.465 e. The molecule has 8 heteroatoms. The molecular weight excluding hydrogens is 447 g/mol. The Hall–Kier alpha value is -4.46. The molecule has 7 nitrogen and oxygen atoms in total. The summed E-state index contributed by atoms with van der Waals surface area (Å²) in [7, 11) is 0. The molecule has 4 rings (SSSR count). The van der Waals surface area contributed by atoms with Crippen LogP contribution in [0.15, 0.2) is 77.3 Å². The van der Waals surface area contributed by atoms with Gasteiger partial charge in [0.05, 0.1) is 11.9 Å². The second kappa shape index (κ2) is 10.2. The van der Waals surface area contributed by atoms with Crippen LogP contribution in [0, 0.1) is 18.2 Å². The summed E-state index contributed by atoms with van der Waals surface area (Å²) in [6.45, 7) is 1.71. The molecule has 1 heterocycles. The number of amides is 1. The molecule has 0 fully saturated rings. The first kappa shape index (κ1) is 23.7. The van der Waals surface area contributed by atoms with E-state index in [0.29, 0.717) is 29.0 Å². The first-order valence-electron chi connectivity index (χ1n) is 11.0. The zero-order chi connectivity index (χ0) is 24.9. The van der Waals surface area contributed by atoms with E-state index in [1.165, 1.54) is 6.07 Å². The van der Waals surface area contributed by atoms with Crippen molar-refractivity contribution in [3.05, 3.63) is 101 Å². The van der Waals surface area contributed by atoms with Gasteiger partial charge in [0.2, 0.25) is 0 Å². The third-order valence-electron chi connectivity index (χ3n) is 5.78. The van der Waals surface area contributed by atoms with Crippen molar-refractivity contribution in [3.63, 3.8) is 0 Å². The minimum atomic E-state index is -1.22. The van der Waals surface area contributed by atoms with Crippen molar-refractivity contribution in [1.82, 2.24) is 10.5 Å². The highest BCUT2D eigenvalue weighted by Crippen LogP contribution is 2.34. The van der Waals surface area contributed by atoms with Gasteiger partial charge in [-0.3, -0.25) is 5.41 Å². The standard InChI is InChI=1S/C27H25FN4O3/c1-16-25(23(31-27(33)34)15-21-4-2-3-5-22(21)28)26(32-35-16)20-12-10-19(11-13-20)18-8-6-17(7-9-18)14-24(29)30/h2-13,23,31H,14-15H2,1H3,(H3,29,30)(H,33,34)/t23-/m1/s1. The van der Waals surface area contributed by atoms with Gasteiger partial charge in [0.1, 0.15) is 17.3 Å². The van der Waals surface area contributed by atoms with Crippen LogP contribution >= 0.6 is 0 Å². The van der Waals surface area contributed by atoms with Crippen LogP contribution in [0.3, 0.4) is 0 Å². The van der Waals surface area contributed by atoms with E-state index in [1.54, 1.807) is 25.1 Å². The average Bonchev–Trinajstić information content (AvgIpc) is 3.21. The fraction of sp³-hybridized carbons (Fsp3) is 0.148. The minimum absolute atomic E-state index is 0.110. The lowest BCUT2D eigenvalue weighted by molar-refractivity contribution is 0.189. The van der Waals surface area contributed by atoms with Gasteiger partial charge in [-0.2, -0.15) is 0 Å². The highest BCUT2D eigenvalue weighted by Gasteiger charge is 2.26. The van der Waals surface area contributed by atoms with Crippen LogP contribution in [-0.2, 0) is 12.8 Å². The van der Waals surface area contributed by atoms with Gasteiger partial charge >= 0.3 is 6.09 Å². The average molecular weight is 473 g/mol. The third-order valence-corrected chi connectivity index (χ3v) is 5.78. The smallest absolute Gasteiger partial charge is 0.405 e. The monoisotopic (exact) mass is 472 g/mol. The maximum atomic E-state index is 14.3. The number of hydrogen-bond acceptors (Lipinski definition) is 4. The van der Waals surface area contributed by atoms with E-state index < -0.39 is 18.0 Å². The molecule has 0 saturated carbocycles. The van der Waals surface area contributed by atoms with Crippen LogP contribution in [0.25, 0.3) is 22.4 Å². The summed E-state index contributed by atoms with van der Waals surface area (Å²) in [5.41, 5.74) is 10.6. The maximum absolute atomic E-state index is 14.3. The SMILES string of the molecule is Cc1onc(-c2ccc(-c3ccc(CC(=N)N)cc3)cc2)c1[C@@H](Cc1ccccc1F)NC(=O)O. The van der Waals surface area contributed by atoms with Crippen molar-refractivity contribution < 1.29 is 18.8 Å². The molecule has 0 radical (unpaired) electrons. The Bertz CT molecular complexity index is 1350. The second-order valence-corrected chi connectivity index (χ2v) is 8.27. The zero-order valence-corrected chi connectivity index (χ0v) is 19.1. The Morgan fingerprint density at radius 2 is 1.66 bits per heavy atom. The van der Waals surface area contributed by atoms with Crippen molar-refractivity contribution in [3.8, 4) is 22.4 Å². The normalized spacial score (nSPS) is 11.7. The number of aryl methyl sites for hydroxylation is 1. The number of rotatable bonds is 8. The Kier molecular flexibility index (Phi) is 6.91. The summed E-state index contributed by atoms with van der Waals surface area (Å²) in [6.07, 6.45) is -0.702. The van der Waals surface area contributed by atoms with E-state index in [9.17, 15) is 14.3 Å². The van der Waals surface area contributed by atoms with E-state index in [1.807, 2.05) is 48.5 Å². The van der Waals surface area contributed by atoms with Crippen molar-refractivity contribution >= 4 is 11.9 Å². The Morgan fingerprint density at radius 1 is 1.06 bits per heavy atom. The first-order chi connectivity index (χ1) is 16.8. The molecule has 4 aromatic rings. The summed E-state index contributed by atoms with van der Waals surface area (Å²) in [6, 6.07) is 21.0. The molecule has 0 aliphatic heterocycles. The van der Waals surface area contributed by atoms with Gasteiger partial charge in [0, 0.05) is 24.0 Å². The number of halogens is 1. The largest absolute Gasteiger partial charge is 0.465 e. The molecule has 3 aromatic carbocycles. The van der Waals surface area contributed by atoms with E-state index in [0.717, 1.165) is 22.3 Å². The number of nitrogens with one attached hydrogen (secondary N) is 2. The van der Waals surface area contributed by atoms with Crippen LogP contribution in [0.1, 0.15) is 28.5 Å². The third kappa shape index (κ3) is 5.55. The molecule has 0 aliphatic rings. The Morgan fingerprint density at radius 3 is 2.26 bits per heavy atom. The fourth-order valence-corrected chi connectivity index (χ4v) is 4.11. The van der Waals surface area contributed by atoms with E-state index in [2.05, 4.69) is 10.5 Å². The van der Waals surface area contributed by atoms with Gasteiger partial charge in [-0.1, -0.05) is 71.9 Å². The molecule has 0 spiro atoms. The number of amidine groups is 1. The molecule has 0 saturated heterocycles. The number of carbonyl (C=O) groups is 1. The quantitative estimate of drug-likeness (QED) is 0.199. The highest BCUT2D eigenvalue weighted by atomic mass is 19.1. The van der Waals surface area contributed by atoms with E-state index >= 15 is 0 Å². The molecule has 1 atom stereocenters. The number of carboxylic acid groups (broad SMARTS) is 1. The number of hydrogen-bond donors (Lipinski definition) is 4. The van der Waals surface area contributed by atoms with Crippen molar-refractivity contribution in [2.24, 2.45) is 5.73 Å². The lowest BCUT2D eigenvalue weighted by Gasteiger charge is -2.18. The predicted octanol–water partition coefficient (Wildman–Crippen LogP) is 5.49. The molecule has 178 valence electrons. The molecular formula is C27H25FN4O3. The van der Waals surface area contributed by atoms with Crippen molar-refractivity contribution in [2.45, 2.75) is 25.8 Å². The van der Waals surface area contributed by atoms with Crippen molar-refractivity contribution in [2.75, 3.05) is 0 Å². The first-order valence-corrected chi connectivity index (χ1v) is 11.0. The van der Waals surface area contributed by atoms with Gasteiger partial charge < -0.3 is 20.7 Å². The van der Waals surface area contributed by atoms with Gasteiger partial charge in [0.15, 0.2) is 0 Å². The molecule has 35 heavy (non-hydrogen) atoms. The summed E-state index contributed by atoms with van der Waals surface area (Å²) in [4.78, 5) is 11.5. The van der Waals surface area contributed by atoms with Crippen LogP contribution < -0.4 is 11.1 Å². The molecule has 0 aliphatic carbocycles. The van der Waals surface area contributed by atoms with Gasteiger partial charge in [-0.05, 0) is 35.2 Å². The molecule has 1 amide bonds. The number of benzene rings is 3. The fourth-order valence-electron chi connectivity index (χ4n) is 4.11. The molecule has 0 bridgehead atoms. The second-order valence-electron chi connectivity index (χ2n) is 8.27. The Balaban J connectivity index is 1.64. The van der Waals surface area contributed by atoms with Crippen LogP contribution in [0.5, 0.6) is 0 Å². The van der Waals surface area contributed by atoms with Gasteiger partial charge in [0.25, 0.3) is 0 Å². The van der Waals surface area contributed by atoms with Crippen LogP contribution in [-0.4, -0.2) is 22.2 Å². The summed E-state index contributed by atoms with van der Waals surface area (Å²) < 4.78 is 19.8. The van der Waals surface area contributed by atoms with Crippen LogP contribution in [0.4, 0.5) is 9.18 Å². The number of nitrogens with zero attached hydrogens (tertiary/aromatic N) is 1. The van der Waals surface area contributed by atoms with Gasteiger partial charge in [-0.15, -0.1) is 0 Å². The zero-order valence-electron chi connectivity index (χ0n) is 19.1. The number of aromatic nitrogens is 1. The number of nitrogens with two attached hydrogens (primary N) is 1. The van der Waals surface area contributed by atoms with Crippen LogP contribution in [0.2, 0.25) is 0 Å². The highest BCUT2D eigenvalue weighted by molar-refractivity contribution is 5.80. The molecule has 5 N–H and O–H groups in total. The molecule has 1 aromatic heterocycles. The topological polar surface area (TPSA) is 125 Å². The molecule has 0 unspecified atom stereocenters. The lowest BCUT2D eigenvalue weighted by atomic mass is 9.93. The van der Waals surface area contributed by atoms with Crippen molar-refractivity contribution in [1.29, 1.82) is 5.41 Å². The summed E-state index contributed by atoms with van der Waals surface area (Å²) >= 11 is 0. The lowest BCUT2D eigenvalue weighted by Crippen LogP contribution is -2.29.